The highest BCUT2D eigenvalue weighted by atomic mass is 16.6. The van der Waals surface area contributed by atoms with Gasteiger partial charge in [-0.05, 0) is 12.1 Å². The normalized spacial score (nSPS) is 25.7. The molecule has 0 amide bonds. The fourth-order valence-electron chi connectivity index (χ4n) is 2.96. The van der Waals surface area contributed by atoms with Crippen molar-refractivity contribution in [3.63, 3.8) is 0 Å². The molecule has 10 nitrogen and oxygen atoms in total. The number of nitrogens with one attached hydrogen (secondary N) is 1. The lowest BCUT2D eigenvalue weighted by molar-refractivity contribution is -0.0511. The van der Waals surface area contributed by atoms with Crippen LogP contribution in [0.4, 0.5) is 11.5 Å². The number of anilines is 2. The number of ether oxygens (including phenoxy) is 1. The molecule has 10 heteroatoms. The monoisotopic (exact) mass is 359 g/mol. The predicted molar refractivity (Wildman–Crippen MR) is 89.7 cm³/mol. The molecule has 3 heterocycles. The van der Waals surface area contributed by atoms with Crippen molar-refractivity contribution in [2.75, 3.05) is 11.9 Å². The van der Waals surface area contributed by atoms with E-state index in [4.69, 9.17) is 4.74 Å². The van der Waals surface area contributed by atoms with Gasteiger partial charge < -0.3 is 30.5 Å². The van der Waals surface area contributed by atoms with Crippen LogP contribution in [0.15, 0.2) is 36.9 Å². The summed E-state index contributed by atoms with van der Waals surface area (Å²) in [7, 11) is 0. The quantitative estimate of drug-likeness (QED) is 0.430. The first-order chi connectivity index (χ1) is 12.6. The molecule has 1 saturated heterocycles. The Morgan fingerprint density at radius 2 is 2.00 bits per heavy atom. The molecule has 0 radical (unpaired) electrons. The lowest BCUT2D eigenvalue weighted by Crippen LogP contribution is -2.33. The molecular formula is C16H17N5O5. The lowest BCUT2D eigenvalue weighted by Gasteiger charge is -2.16. The van der Waals surface area contributed by atoms with Gasteiger partial charge in [-0.25, -0.2) is 15.0 Å². The average Bonchev–Trinajstić information content (AvgIpc) is 3.18. The Morgan fingerprint density at radius 3 is 2.73 bits per heavy atom. The van der Waals surface area contributed by atoms with Gasteiger partial charge in [-0.1, -0.05) is 6.07 Å². The third-order valence-electron chi connectivity index (χ3n) is 4.26. The number of imidazole rings is 1. The number of rotatable bonds is 4. The summed E-state index contributed by atoms with van der Waals surface area (Å²) in [5, 5.41) is 42.0. The summed E-state index contributed by atoms with van der Waals surface area (Å²) in [5.41, 5.74) is 1.43. The van der Waals surface area contributed by atoms with E-state index in [1.165, 1.54) is 23.3 Å². The maximum atomic E-state index is 10.2. The van der Waals surface area contributed by atoms with Crippen LogP contribution in [-0.2, 0) is 4.74 Å². The van der Waals surface area contributed by atoms with E-state index in [0.717, 1.165) is 0 Å². The SMILES string of the molecule is OC[C@H]1O[C@@H](n2cnc3c(Nc4cccc(O)c4)ncnc32)C(O)[C@H]1O. The number of benzene rings is 1. The van der Waals surface area contributed by atoms with E-state index in [-0.39, 0.29) is 5.75 Å². The van der Waals surface area contributed by atoms with Crippen molar-refractivity contribution in [2.45, 2.75) is 24.5 Å². The predicted octanol–water partition coefficient (Wildman–Crippen LogP) is -0.113. The zero-order valence-corrected chi connectivity index (χ0v) is 13.5. The molecule has 3 aromatic rings. The number of hydrogen-bond acceptors (Lipinski definition) is 9. The number of aromatic nitrogens is 4. The first-order valence-electron chi connectivity index (χ1n) is 7.94. The van der Waals surface area contributed by atoms with Gasteiger partial charge in [0.15, 0.2) is 23.2 Å². The second-order valence-corrected chi connectivity index (χ2v) is 5.95. The maximum Gasteiger partial charge on any atom is 0.167 e. The molecule has 1 unspecified atom stereocenters. The van der Waals surface area contributed by atoms with Gasteiger partial charge in [-0.15, -0.1) is 0 Å². The van der Waals surface area contributed by atoms with E-state index in [0.29, 0.717) is 22.7 Å². The number of aliphatic hydroxyl groups is 3. The van der Waals surface area contributed by atoms with Crippen LogP contribution >= 0.6 is 0 Å². The van der Waals surface area contributed by atoms with Crippen molar-refractivity contribution in [3.05, 3.63) is 36.9 Å². The van der Waals surface area contributed by atoms with Crippen LogP contribution in [0.25, 0.3) is 11.2 Å². The van der Waals surface area contributed by atoms with Gasteiger partial charge in [-0.2, -0.15) is 0 Å². The van der Waals surface area contributed by atoms with E-state index in [2.05, 4.69) is 20.3 Å². The molecular weight excluding hydrogens is 342 g/mol. The van der Waals surface area contributed by atoms with Crippen LogP contribution in [0.2, 0.25) is 0 Å². The highest BCUT2D eigenvalue weighted by Crippen LogP contribution is 2.32. The molecule has 4 atom stereocenters. The van der Waals surface area contributed by atoms with Crippen LogP contribution in [0.3, 0.4) is 0 Å². The molecule has 26 heavy (non-hydrogen) atoms. The summed E-state index contributed by atoms with van der Waals surface area (Å²) in [6, 6.07) is 6.54. The molecule has 136 valence electrons. The van der Waals surface area contributed by atoms with Gasteiger partial charge in [0.1, 0.15) is 30.4 Å². The number of phenolic OH excluding ortho intramolecular Hbond substituents is 1. The molecule has 2 aromatic heterocycles. The topological polar surface area (TPSA) is 146 Å². The van der Waals surface area contributed by atoms with Crippen LogP contribution in [0.1, 0.15) is 6.23 Å². The molecule has 1 aliphatic rings. The van der Waals surface area contributed by atoms with Gasteiger partial charge >= 0.3 is 0 Å². The summed E-state index contributed by atoms with van der Waals surface area (Å²) in [5.74, 6) is 0.517. The summed E-state index contributed by atoms with van der Waals surface area (Å²) < 4.78 is 7.00. The molecule has 1 aromatic carbocycles. The second kappa shape index (κ2) is 6.50. The first kappa shape index (κ1) is 16.7. The molecule has 0 bridgehead atoms. The lowest BCUT2D eigenvalue weighted by atomic mass is 10.1. The first-order valence-corrected chi connectivity index (χ1v) is 7.94. The second-order valence-electron chi connectivity index (χ2n) is 5.95. The van der Waals surface area contributed by atoms with Crippen molar-refractivity contribution in [3.8, 4) is 5.75 Å². The Balaban J connectivity index is 1.69. The summed E-state index contributed by atoms with van der Waals surface area (Å²) in [4.78, 5) is 12.6. The van der Waals surface area contributed by atoms with Gasteiger partial charge in [0.25, 0.3) is 0 Å². The largest absolute Gasteiger partial charge is 0.508 e. The van der Waals surface area contributed by atoms with E-state index in [1.54, 1.807) is 18.2 Å². The standard InChI is InChI=1S/C16H17N5O5/c22-5-10-12(24)13(25)16(26-10)21-7-19-11-14(17-6-18-15(11)21)20-8-2-1-3-9(23)4-8/h1-4,6-7,10,12-13,16,22-25H,5H2,(H,17,18,20)/t10-,12+,13?,16-/m1/s1. The smallest absolute Gasteiger partial charge is 0.167 e. The molecule has 0 spiro atoms. The number of aromatic hydroxyl groups is 1. The van der Waals surface area contributed by atoms with Crippen molar-refractivity contribution in [2.24, 2.45) is 0 Å². The van der Waals surface area contributed by atoms with E-state index >= 15 is 0 Å². The summed E-state index contributed by atoms with van der Waals surface area (Å²) in [6.45, 7) is -0.416. The minimum atomic E-state index is -1.23. The van der Waals surface area contributed by atoms with Crippen LogP contribution in [0.5, 0.6) is 5.75 Å². The molecule has 5 N–H and O–H groups in total. The van der Waals surface area contributed by atoms with Crippen molar-refractivity contribution >= 4 is 22.7 Å². The molecule has 4 rings (SSSR count). The maximum absolute atomic E-state index is 10.2. The Bertz CT molecular complexity index is 932. The summed E-state index contributed by atoms with van der Waals surface area (Å²) >= 11 is 0. The zero-order chi connectivity index (χ0) is 18.3. The molecule has 1 fully saturated rings. The minimum absolute atomic E-state index is 0.109. The number of aliphatic hydroxyl groups excluding tert-OH is 3. The summed E-state index contributed by atoms with van der Waals surface area (Å²) in [6.07, 6.45) is -1.52. The Morgan fingerprint density at radius 1 is 1.15 bits per heavy atom. The van der Waals surface area contributed by atoms with Gasteiger partial charge in [0, 0.05) is 11.8 Å². The van der Waals surface area contributed by atoms with Crippen molar-refractivity contribution in [1.82, 2.24) is 19.5 Å². The fraction of sp³-hybridized carbons (Fsp3) is 0.312. The molecule has 0 saturated carbocycles. The average molecular weight is 359 g/mol. The van der Waals surface area contributed by atoms with Gasteiger partial charge in [-0.3, -0.25) is 4.57 Å². The molecule has 1 aliphatic heterocycles. The zero-order valence-electron chi connectivity index (χ0n) is 13.5. The van der Waals surface area contributed by atoms with E-state index in [9.17, 15) is 20.4 Å². The Hall–Kier alpha value is -2.79. The Kier molecular flexibility index (Phi) is 4.17. The van der Waals surface area contributed by atoms with Crippen LogP contribution in [-0.4, -0.2) is 64.9 Å². The van der Waals surface area contributed by atoms with E-state index in [1.807, 2.05) is 0 Å². The third-order valence-corrected chi connectivity index (χ3v) is 4.26. The van der Waals surface area contributed by atoms with E-state index < -0.39 is 31.1 Å². The van der Waals surface area contributed by atoms with Crippen LogP contribution < -0.4 is 5.32 Å². The van der Waals surface area contributed by atoms with Gasteiger partial charge in [0.05, 0.1) is 12.9 Å². The fourth-order valence-corrected chi connectivity index (χ4v) is 2.96. The van der Waals surface area contributed by atoms with Crippen molar-refractivity contribution < 1.29 is 25.2 Å². The van der Waals surface area contributed by atoms with Gasteiger partial charge in [0.2, 0.25) is 0 Å². The van der Waals surface area contributed by atoms with Crippen molar-refractivity contribution in [1.29, 1.82) is 0 Å². The number of hydrogen-bond donors (Lipinski definition) is 5. The van der Waals surface area contributed by atoms with Crippen LogP contribution in [0, 0.1) is 0 Å². The highest BCUT2D eigenvalue weighted by molar-refractivity contribution is 5.85. The highest BCUT2D eigenvalue weighted by Gasteiger charge is 2.44. The number of fused-ring (bicyclic) bond motifs is 1. The number of nitrogens with zero attached hydrogens (tertiary/aromatic N) is 4. The Labute approximate surface area is 147 Å². The minimum Gasteiger partial charge on any atom is -0.508 e. The third kappa shape index (κ3) is 2.74. The number of phenols is 1. The molecule has 0 aliphatic carbocycles.